The number of aryl methyl sites for hydroxylation is 1. The fourth-order valence-electron chi connectivity index (χ4n) is 2.46. The summed E-state index contributed by atoms with van der Waals surface area (Å²) in [4.78, 5) is 9.34. The molecule has 0 atom stereocenters. The quantitative estimate of drug-likeness (QED) is 0.874. The lowest BCUT2D eigenvalue weighted by Gasteiger charge is -2.44. The van der Waals surface area contributed by atoms with Crippen molar-refractivity contribution in [1.82, 2.24) is 9.88 Å². The average Bonchev–Trinajstić information content (AvgIpc) is 2.39. The topological polar surface area (TPSA) is 45.4 Å². The Labute approximate surface area is 110 Å². The molecule has 2 N–H and O–H groups in total. The van der Waals surface area contributed by atoms with E-state index in [1.54, 1.807) is 0 Å². The molecule has 100 valence electrons. The summed E-state index contributed by atoms with van der Waals surface area (Å²) in [6, 6.07) is 4.12. The van der Waals surface area contributed by atoms with Crippen molar-refractivity contribution in [3.05, 3.63) is 23.9 Å². The van der Waals surface area contributed by atoms with Crippen LogP contribution in [0.2, 0.25) is 0 Å². The van der Waals surface area contributed by atoms with Crippen LogP contribution in [0.1, 0.15) is 19.4 Å². The zero-order chi connectivity index (χ0) is 13.2. The fraction of sp³-hybridized carbons (Fsp3) is 0.643. The van der Waals surface area contributed by atoms with Gasteiger partial charge in [0.25, 0.3) is 0 Å². The van der Waals surface area contributed by atoms with Gasteiger partial charge in [0.15, 0.2) is 0 Å². The van der Waals surface area contributed by atoms with Gasteiger partial charge < -0.3 is 10.6 Å². The molecule has 4 nitrogen and oxygen atoms in total. The molecule has 0 spiro atoms. The molecule has 1 fully saturated rings. The molecule has 0 unspecified atom stereocenters. The van der Waals surface area contributed by atoms with Crippen LogP contribution < -0.4 is 10.6 Å². The van der Waals surface area contributed by atoms with Crippen molar-refractivity contribution in [2.45, 2.75) is 26.3 Å². The Hall–Kier alpha value is -1.13. The van der Waals surface area contributed by atoms with Crippen molar-refractivity contribution in [3.63, 3.8) is 0 Å². The Kier molecular flexibility index (Phi) is 3.88. The summed E-state index contributed by atoms with van der Waals surface area (Å²) in [5.74, 6) is 1.13. The molecule has 1 aromatic heterocycles. The maximum Gasteiger partial charge on any atom is 0.131 e. The van der Waals surface area contributed by atoms with Crippen molar-refractivity contribution in [2.24, 2.45) is 5.73 Å². The summed E-state index contributed by atoms with van der Waals surface area (Å²) in [5, 5.41) is 0. The molecule has 2 heterocycles. The van der Waals surface area contributed by atoms with Crippen LogP contribution >= 0.6 is 0 Å². The molecule has 0 radical (unpaired) electrons. The summed E-state index contributed by atoms with van der Waals surface area (Å²) in [6.07, 6.45) is 1.87. The number of piperazine rings is 1. The number of aromatic nitrogens is 1. The third kappa shape index (κ3) is 2.65. The van der Waals surface area contributed by atoms with Crippen LogP contribution in [0, 0.1) is 6.92 Å². The number of rotatable bonds is 3. The van der Waals surface area contributed by atoms with Crippen molar-refractivity contribution < 1.29 is 0 Å². The van der Waals surface area contributed by atoms with Crippen LogP contribution in [-0.2, 0) is 0 Å². The first-order chi connectivity index (χ1) is 8.54. The summed E-state index contributed by atoms with van der Waals surface area (Å²) in [5.41, 5.74) is 7.20. The number of nitrogens with two attached hydrogens (primary N) is 1. The van der Waals surface area contributed by atoms with Gasteiger partial charge in [0.1, 0.15) is 5.82 Å². The Morgan fingerprint density at radius 2 is 1.94 bits per heavy atom. The standard InChI is InChI=1S/C14H24N4/c1-12-5-4-6-16-13(12)17-7-9-18(10-8-17)14(2,3)11-15/h4-6H,7-11,15H2,1-3H3. The summed E-state index contributed by atoms with van der Waals surface area (Å²) in [7, 11) is 0. The van der Waals surface area contributed by atoms with E-state index in [9.17, 15) is 0 Å². The lowest BCUT2D eigenvalue weighted by molar-refractivity contribution is 0.119. The largest absolute Gasteiger partial charge is 0.354 e. The molecule has 1 saturated heterocycles. The van der Waals surface area contributed by atoms with E-state index in [1.807, 2.05) is 12.3 Å². The molecule has 1 aliphatic heterocycles. The van der Waals surface area contributed by atoms with E-state index in [2.05, 4.69) is 41.6 Å². The van der Waals surface area contributed by atoms with Crippen LogP contribution in [0.25, 0.3) is 0 Å². The fourth-order valence-corrected chi connectivity index (χ4v) is 2.46. The van der Waals surface area contributed by atoms with Crippen LogP contribution in [0.5, 0.6) is 0 Å². The number of hydrogen-bond donors (Lipinski definition) is 1. The highest BCUT2D eigenvalue weighted by molar-refractivity contribution is 5.46. The highest BCUT2D eigenvalue weighted by atomic mass is 15.3. The highest BCUT2D eigenvalue weighted by Gasteiger charge is 2.29. The first kappa shape index (κ1) is 13.3. The van der Waals surface area contributed by atoms with Gasteiger partial charge in [-0.3, -0.25) is 4.90 Å². The minimum atomic E-state index is 0.102. The monoisotopic (exact) mass is 248 g/mol. The second-order valence-corrected chi connectivity index (χ2v) is 5.63. The third-order valence-electron chi connectivity index (χ3n) is 3.92. The predicted octanol–water partition coefficient (Wildman–Crippen LogP) is 1.25. The van der Waals surface area contributed by atoms with Crippen molar-refractivity contribution in [3.8, 4) is 0 Å². The molecule has 18 heavy (non-hydrogen) atoms. The Bertz CT molecular complexity index is 395. The Balaban J connectivity index is 2.01. The molecule has 1 aromatic rings. The number of hydrogen-bond acceptors (Lipinski definition) is 4. The minimum absolute atomic E-state index is 0.102. The lowest BCUT2D eigenvalue weighted by Crippen LogP contribution is -2.57. The van der Waals surface area contributed by atoms with Crippen LogP contribution in [-0.4, -0.2) is 48.1 Å². The van der Waals surface area contributed by atoms with E-state index < -0.39 is 0 Å². The van der Waals surface area contributed by atoms with Crippen LogP contribution in [0.15, 0.2) is 18.3 Å². The van der Waals surface area contributed by atoms with Gasteiger partial charge in [-0.05, 0) is 32.4 Å². The SMILES string of the molecule is Cc1cccnc1N1CCN(C(C)(C)CN)CC1. The second-order valence-electron chi connectivity index (χ2n) is 5.63. The first-order valence-corrected chi connectivity index (χ1v) is 6.66. The molecule has 4 heteroatoms. The van der Waals surface area contributed by atoms with E-state index in [4.69, 9.17) is 5.73 Å². The normalized spacial score (nSPS) is 18.1. The van der Waals surface area contributed by atoms with Gasteiger partial charge >= 0.3 is 0 Å². The molecule has 1 aliphatic rings. The van der Waals surface area contributed by atoms with Gasteiger partial charge in [-0.15, -0.1) is 0 Å². The zero-order valence-electron chi connectivity index (χ0n) is 11.7. The zero-order valence-corrected chi connectivity index (χ0v) is 11.7. The minimum Gasteiger partial charge on any atom is -0.354 e. The number of pyridine rings is 1. The van der Waals surface area contributed by atoms with E-state index in [1.165, 1.54) is 5.56 Å². The summed E-state index contributed by atoms with van der Waals surface area (Å²) < 4.78 is 0. The molecular weight excluding hydrogens is 224 g/mol. The Morgan fingerprint density at radius 1 is 1.28 bits per heavy atom. The van der Waals surface area contributed by atoms with E-state index in [-0.39, 0.29) is 5.54 Å². The van der Waals surface area contributed by atoms with Crippen LogP contribution in [0.4, 0.5) is 5.82 Å². The van der Waals surface area contributed by atoms with Gasteiger partial charge in [0.05, 0.1) is 0 Å². The van der Waals surface area contributed by atoms with E-state index >= 15 is 0 Å². The van der Waals surface area contributed by atoms with Crippen molar-refractivity contribution >= 4 is 5.82 Å². The molecule has 0 amide bonds. The van der Waals surface area contributed by atoms with Crippen molar-refractivity contribution in [1.29, 1.82) is 0 Å². The van der Waals surface area contributed by atoms with E-state index in [0.29, 0.717) is 6.54 Å². The maximum absolute atomic E-state index is 5.84. The first-order valence-electron chi connectivity index (χ1n) is 6.66. The van der Waals surface area contributed by atoms with Crippen LogP contribution in [0.3, 0.4) is 0 Å². The van der Waals surface area contributed by atoms with E-state index in [0.717, 1.165) is 32.0 Å². The molecular formula is C14H24N4. The third-order valence-corrected chi connectivity index (χ3v) is 3.92. The van der Waals surface area contributed by atoms with Gasteiger partial charge in [0, 0.05) is 44.5 Å². The van der Waals surface area contributed by atoms with Gasteiger partial charge in [-0.25, -0.2) is 4.98 Å². The average molecular weight is 248 g/mol. The smallest absolute Gasteiger partial charge is 0.131 e. The van der Waals surface area contributed by atoms with Crippen molar-refractivity contribution in [2.75, 3.05) is 37.6 Å². The number of anilines is 1. The highest BCUT2D eigenvalue weighted by Crippen LogP contribution is 2.21. The van der Waals surface area contributed by atoms with Gasteiger partial charge in [-0.2, -0.15) is 0 Å². The summed E-state index contributed by atoms with van der Waals surface area (Å²) >= 11 is 0. The molecule has 0 saturated carbocycles. The summed E-state index contributed by atoms with van der Waals surface area (Å²) in [6.45, 7) is 11.4. The molecule has 2 rings (SSSR count). The predicted molar refractivity (Wildman–Crippen MR) is 75.9 cm³/mol. The molecule has 0 aromatic carbocycles. The van der Waals surface area contributed by atoms with Gasteiger partial charge in [-0.1, -0.05) is 6.07 Å². The maximum atomic E-state index is 5.84. The van der Waals surface area contributed by atoms with Gasteiger partial charge in [0.2, 0.25) is 0 Å². The molecule has 0 bridgehead atoms. The second kappa shape index (κ2) is 5.24. The molecule has 0 aliphatic carbocycles. The Morgan fingerprint density at radius 3 is 2.50 bits per heavy atom. The number of nitrogens with zero attached hydrogens (tertiary/aromatic N) is 3. The lowest BCUT2D eigenvalue weighted by atomic mass is 10.0.